The van der Waals surface area contributed by atoms with Gasteiger partial charge in [0, 0.05) is 19.0 Å². The topological polar surface area (TPSA) is 52.6 Å². The molecular formula is C13H26N2O2. The van der Waals surface area contributed by atoms with Gasteiger partial charge in [-0.3, -0.25) is 15.0 Å². The first-order valence-corrected chi connectivity index (χ1v) is 6.35. The van der Waals surface area contributed by atoms with Gasteiger partial charge < -0.3 is 5.11 Å². The van der Waals surface area contributed by atoms with Crippen LogP contribution in [0.25, 0.3) is 0 Å². The minimum absolute atomic E-state index is 0.0497. The summed E-state index contributed by atoms with van der Waals surface area (Å²) < 4.78 is 0. The first-order chi connectivity index (χ1) is 8.01. The van der Waals surface area contributed by atoms with Gasteiger partial charge in [-0.05, 0) is 19.2 Å². The van der Waals surface area contributed by atoms with E-state index in [1.807, 2.05) is 33.8 Å². The number of carbonyl (C=O) groups is 1. The molecule has 1 atom stereocenters. The second-order valence-corrected chi connectivity index (χ2v) is 4.39. The van der Waals surface area contributed by atoms with Crippen molar-refractivity contribution in [3.05, 3.63) is 12.2 Å². The number of rotatable bonds is 9. The number of aliphatic hydroxyl groups excluding tert-OH is 1. The van der Waals surface area contributed by atoms with Crippen LogP contribution < -0.4 is 5.32 Å². The average Bonchev–Trinajstić information content (AvgIpc) is 2.27. The number of aliphatic hydroxyl groups is 1. The molecule has 0 amide bonds. The van der Waals surface area contributed by atoms with Gasteiger partial charge in [0.1, 0.15) is 6.23 Å². The van der Waals surface area contributed by atoms with Crippen molar-refractivity contribution in [2.45, 2.75) is 33.9 Å². The van der Waals surface area contributed by atoms with Crippen molar-refractivity contribution in [2.24, 2.45) is 5.92 Å². The normalized spacial score (nSPS) is 13.8. The van der Waals surface area contributed by atoms with Crippen LogP contribution in [0.4, 0.5) is 0 Å². The first-order valence-electron chi connectivity index (χ1n) is 6.35. The smallest absolute Gasteiger partial charge is 0.157 e. The third-order valence-electron chi connectivity index (χ3n) is 2.53. The minimum atomic E-state index is -0.505. The van der Waals surface area contributed by atoms with Gasteiger partial charge in [0.25, 0.3) is 0 Å². The van der Waals surface area contributed by atoms with Crippen LogP contribution in [-0.4, -0.2) is 48.2 Å². The van der Waals surface area contributed by atoms with Crippen molar-refractivity contribution >= 4 is 5.78 Å². The van der Waals surface area contributed by atoms with E-state index in [9.17, 15) is 9.90 Å². The second-order valence-electron chi connectivity index (χ2n) is 4.39. The molecule has 0 aromatic heterocycles. The molecule has 0 aliphatic carbocycles. The van der Waals surface area contributed by atoms with E-state index >= 15 is 0 Å². The van der Waals surface area contributed by atoms with Crippen molar-refractivity contribution in [1.29, 1.82) is 0 Å². The summed E-state index contributed by atoms with van der Waals surface area (Å²) in [6.07, 6.45) is 2.99. The van der Waals surface area contributed by atoms with E-state index in [2.05, 4.69) is 10.2 Å². The van der Waals surface area contributed by atoms with Gasteiger partial charge in [-0.1, -0.05) is 33.8 Å². The van der Waals surface area contributed by atoms with Crippen LogP contribution in [0.5, 0.6) is 0 Å². The zero-order valence-corrected chi connectivity index (χ0v) is 11.4. The molecule has 0 aliphatic rings. The summed E-state index contributed by atoms with van der Waals surface area (Å²) in [5, 5.41) is 12.6. The van der Waals surface area contributed by atoms with Crippen molar-refractivity contribution in [3.63, 3.8) is 0 Å². The molecule has 2 N–H and O–H groups in total. The van der Waals surface area contributed by atoms with Crippen molar-refractivity contribution in [3.8, 4) is 0 Å². The Morgan fingerprint density at radius 2 is 2.06 bits per heavy atom. The number of nitrogens with one attached hydrogen (secondary N) is 1. The fourth-order valence-corrected chi connectivity index (χ4v) is 1.39. The molecule has 0 spiro atoms. The Labute approximate surface area is 105 Å². The highest BCUT2D eigenvalue weighted by atomic mass is 16.3. The van der Waals surface area contributed by atoms with Crippen molar-refractivity contribution in [1.82, 2.24) is 10.2 Å². The lowest BCUT2D eigenvalue weighted by Gasteiger charge is -2.22. The van der Waals surface area contributed by atoms with Crippen LogP contribution >= 0.6 is 0 Å². The molecule has 0 bridgehead atoms. The summed E-state index contributed by atoms with van der Waals surface area (Å²) in [5.74, 6) is 0.196. The highest BCUT2D eigenvalue weighted by Crippen LogP contribution is 1.97. The number of likely N-dealkylation sites (N-methyl/N-ethyl adjacent to an activating group) is 2. The first kappa shape index (κ1) is 16.3. The van der Waals surface area contributed by atoms with Crippen LogP contribution in [0.1, 0.15) is 27.7 Å². The highest BCUT2D eigenvalue weighted by molar-refractivity contribution is 5.91. The van der Waals surface area contributed by atoms with Gasteiger partial charge in [-0.15, -0.1) is 0 Å². The number of carbonyl (C=O) groups excluding carboxylic acids is 1. The van der Waals surface area contributed by atoms with E-state index in [1.165, 1.54) is 0 Å². The lowest BCUT2D eigenvalue weighted by molar-refractivity contribution is -0.117. The lowest BCUT2D eigenvalue weighted by atomic mass is 10.1. The lowest BCUT2D eigenvalue weighted by Crippen LogP contribution is -2.40. The van der Waals surface area contributed by atoms with E-state index in [0.29, 0.717) is 13.1 Å². The molecule has 0 radical (unpaired) electrons. The van der Waals surface area contributed by atoms with Crippen LogP contribution in [-0.2, 0) is 4.79 Å². The van der Waals surface area contributed by atoms with E-state index in [0.717, 1.165) is 13.1 Å². The zero-order valence-electron chi connectivity index (χ0n) is 11.4. The third kappa shape index (κ3) is 8.07. The summed E-state index contributed by atoms with van der Waals surface area (Å²) in [6, 6.07) is 0. The fourth-order valence-electron chi connectivity index (χ4n) is 1.39. The fraction of sp³-hybridized carbons (Fsp3) is 0.769. The van der Waals surface area contributed by atoms with Crippen molar-refractivity contribution in [2.75, 3.05) is 26.2 Å². The largest absolute Gasteiger partial charge is 0.377 e. The van der Waals surface area contributed by atoms with Gasteiger partial charge in [0.15, 0.2) is 5.78 Å². The number of allylic oxidation sites excluding steroid dienone is 1. The third-order valence-corrected chi connectivity index (χ3v) is 2.53. The number of hydrogen-bond acceptors (Lipinski definition) is 4. The van der Waals surface area contributed by atoms with E-state index in [1.54, 1.807) is 6.08 Å². The van der Waals surface area contributed by atoms with Crippen molar-refractivity contribution < 1.29 is 9.90 Å². The molecule has 0 saturated carbocycles. The second kappa shape index (κ2) is 9.33. The van der Waals surface area contributed by atoms with E-state index in [-0.39, 0.29) is 11.7 Å². The molecule has 4 heteroatoms. The molecule has 0 aromatic rings. The molecule has 0 heterocycles. The van der Waals surface area contributed by atoms with Crippen LogP contribution in [0.15, 0.2) is 12.2 Å². The van der Waals surface area contributed by atoms with Crippen LogP contribution in [0.2, 0.25) is 0 Å². The highest BCUT2D eigenvalue weighted by Gasteiger charge is 2.07. The minimum Gasteiger partial charge on any atom is -0.377 e. The molecule has 0 aliphatic heterocycles. The zero-order chi connectivity index (χ0) is 13.3. The maximum absolute atomic E-state index is 11.4. The quantitative estimate of drug-likeness (QED) is 0.468. The Morgan fingerprint density at radius 1 is 1.41 bits per heavy atom. The van der Waals surface area contributed by atoms with Gasteiger partial charge in [-0.2, -0.15) is 0 Å². The molecule has 0 aromatic carbocycles. The van der Waals surface area contributed by atoms with Gasteiger partial charge in [-0.25, -0.2) is 0 Å². The maximum Gasteiger partial charge on any atom is 0.157 e. The summed E-state index contributed by atoms with van der Waals surface area (Å²) in [5.41, 5.74) is 0. The molecular weight excluding hydrogens is 216 g/mol. The molecule has 0 saturated heterocycles. The standard InChI is InChI=1S/C13H26N2O2/c1-5-14-13(17)10-15(6-2)9-7-8-12(16)11(3)4/h7-8,11,13-14,17H,5-6,9-10H2,1-4H3/b8-7+. The summed E-state index contributed by atoms with van der Waals surface area (Å²) in [7, 11) is 0. The Morgan fingerprint density at radius 3 is 2.53 bits per heavy atom. The Kier molecular flexibility index (Phi) is 8.94. The Hall–Kier alpha value is -0.710. The molecule has 17 heavy (non-hydrogen) atoms. The predicted molar refractivity (Wildman–Crippen MR) is 70.8 cm³/mol. The number of hydrogen-bond donors (Lipinski definition) is 2. The number of ketones is 1. The van der Waals surface area contributed by atoms with Crippen LogP contribution in [0, 0.1) is 5.92 Å². The molecule has 1 unspecified atom stereocenters. The summed E-state index contributed by atoms with van der Waals surface area (Å²) >= 11 is 0. The van der Waals surface area contributed by atoms with Gasteiger partial charge >= 0.3 is 0 Å². The molecule has 4 nitrogen and oxygen atoms in total. The molecule has 0 rings (SSSR count). The Bertz CT molecular complexity index is 240. The molecule has 100 valence electrons. The maximum atomic E-state index is 11.4. The summed E-state index contributed by atoms with van der Waals surface area (Å²) in [4.78, 5) is 13.5. The van der Waals surface area contributed by atoms with E-state index < -0.39 is 6.23 Å². The Balaban J connectivity index is 4.01. The van der Waals surface area contributed by atoms with Gasteiger partial charge in [0.2, 0.25) is 0 Å². The van der Waals surface area contributed by atoms with E-state index in [4.69, 9.17) is 0 Å². The monoisotopic (exact) mass is 242 g/mol. The predicted octanol–water partition coefficient (Wildman–Crippen LogP) is 1.02. The van der Waals surface area contributed by atoms with Crippen LogP contribution in [0.3, 0.4) is 0 Å². The number of nitrogens with zero attached hydrogens (tertiary/aromatic N) is 1. The average molecular weight is 242 g/mol. The molecule has 0 fully saturated rings. The van der Waals surface area contributed by atoms with Gasteiger partial charge in [0.05, 0.1) is 0 Å². The summed E-state index contributed by atoms with van der Waals surface area (Å²) in [6.45, 7) is 10.6. The SMILES string of the molecule is CCNC(O)CN(CC)C/C=C/C(=O)C(C)C.